The van der Waals surface area contributed by atoms with Gasteiger partial charge in [-0.05, 0) is 41.4 Å². The van der Waals surface area contributed by atoms with E-state index in [1.165, 1.54) is 5.56 Å². The van der Waals surface area contributed by atoms with Crippen LogP contribution in [-0.4, -0.2) is 34.3 Å². The zero-order valence-corrected chi connectivity index (χ0v) is 15.9. The van der Waals surface area contributed by atoms with Crippen LogP contribution in [0.3, 0.4) is 0 Å². The van der Waals surface area contributed by atoms with E-state index in [-0.39, 0.29) is 5.91 Å². The van der Waals surface area contributed by atoms with Crippen LogP contribution >= 0.6 is 15.9 Å². The van der Waals surface area contributed by atoms with Gasteiger partial charge in [-0.25, -0.2) is 4.98 Å². The quantitative estimate of drug-likeness (QED) is 0.682. The zero-order valence-electron chi connectivity index (χ0n) is 14.3. The van der Waals surface area contributed by atoms with Gasteiger partial charge >= 0.3 is 0 Å². The molecule has 0 bridgehead atoms. The van der Waals surface area contributed by atoms with Gasteiger partial charge in [-0.15, -0.1) is 0 Å². The van der Waals surface area contributed by atoms with Gasteiger partial charge in [0.1, 0.15) is 0 Å². The van der Waals surface area contributed by atoms with Crippen molar-refractivity contribution in [2.45, 2.75) is 20.3 Å². The van der Waals surface area contributed by atoms with E-state index >= 15 is 0 Å². The van der Waals surface area contributed by atoms with Gasteiger partial charge in [-0.2, -0.15) is 0 Å². The highest BCUT2D eigenvalue weighted by atomic mass is 79.9. The van der Waals surface area contributed by atoms with Crippen molar-refractivity contribution in [3.63, 3.8) is 0 Å². The number of carbonyl (C=O) groups excluding carboxylic acids is 1. The molecule has 5 heteroatoms. The molecule has 3 aromatic rings. The number of likely N-dealkylation sites (N-methyl/N-ethyl adjacent to an activating group) is 1. The highest BCUT2D eigenvalue weighted by Gasteiger charge is 2.19. The van der Waals surface area contributed by atoms with Crippen molar-refractivity contribution in [3.05, 3.63) is 57.8 Å². The summed E-state index contributed by atoms with van der Waals surface area (Å²) in [6.45, 7) is 4.09. The number of fused-ring (bicyclic) bond motifs is 1. The number of carbonyl (C=O) groups is 1. The summed E-state index contributed by atoms with van der Waals surface area (Å²) in [4.78, 5) is 18.8. The molecule has 4 nitrogen and oxygen atoms in total. The molecule has 1 aromatic carbocycles. The molecule has 124 valence electrons. The maximum atomic E-state index is 12.3. The van der Waals surface area contributed by atoms with Crippen LogP contribution in [-0.2, 0) is 11.2 Å². The summed E-state index contributed by atoms with van der Waals surface area (Å²) in [5, 5.41) is 0. The summed E-state index contributed by atoms with van der Waals surface area (Å²) >= 11 is 3.60. The Labute approximate surface area is 150 Å². The van der Waals surface area contributed by atoms with Crippen LogP contribution in [0, 0.1) is 13.8 Å². The number of rotatable bonds is 3. The summed E-state index contributed by atoms with van der Waals surface area (Å²) in [5.74, 6) is 0.0581. The number of nitrogens with zero attached hydrogens (tertiary/aromatic N) is 3. The van der Waals surface area contributed by atoms with Crippen molar-refractivity contribution in [2.75, 3.05) is 14.1 Å². The normalized spacial score (nSPS) is 11.0. The maximum Gasteiger partial charge on any atom is 0.228 e. The summed E-state index contributed by atoms with van der Waals surface area (Å²) in [6.07, 6.45) is 2.34. The van der Waals surface area contributed by atoms with E-state index in [0.29, 0.717) is 6.42 Å². The standard InChI is InChI=1S/C19H20BrN3O/c1-12-5-7-14(8-6-12)18-16(10-17(24)22(3)4)23-11-13(2)9-15(20)19(23)21-18/h5-9,11H,10H2,1-4H3. The molecule has 0 aliphatic carbocycles. The summed E-state index contributed by atoms with van der Waals surface area (Å²) < 4.78 is 2.95. The number of pyridine rings is 1. The highest BCUT2D eigenvalue weighted by molar-refractivity contribution is 9.10. The van der Waals surface area contributed by atoms with Gasteiger partial charge in [0.15, 0.2) is 5.65 Å². The summed E-state index contributed by atoms with van der Waals surface area (Å²) in [7, 11) is 3.55. The van der Waals surface area contributed by atoms with Crippen LogP contribution in [0.15, 0.2) is 41.0 Å². The van der Waals surface area contributed by atoms with Crippen molar-refractivity contribution in [1.29, 1.82) is 0 Å². The average molecular weight is 386 g/mol. The summed E-state index contributed by atoms with van der Waals surface area (Å²) in [5.41, 5.74) is 5.94. The number of benzene rings is 1. The minimum absolute atomic E-state index is 0.0581. The Morgan fingerprint density at radius 1 is 1.17 bits per heavy atom. The lowest BCUT2D eigenvalue weighted by Gasteiger charge is -2.11. The van der Waals surface area contributed by atoms with Crippen LogP contribution in [0.1, 0.15) is 16.8 Å². The Bertz CT molecular complexity index is 911. The molecule has 0 N–H and O–H groups in total. The topological polar surface area (TPSA) is 37.6 Å². The predicted molar refractivity (Wildman–Crippen MR) is 100 cm³/mol. The number of aryl methyl sites for hydroxylation is 2. The number of hydrogen-bond donors (Lipinski definition) is 0. The molecule has 0 aliphatic rings. The first kappa shape index (κ1) is 16.7. The van der Waals surface area contributed by atoms with Gasteiger partial charge in [0.05, 0.1) is 22.3 Å². The van der Waals surface area contributed by atoms with Crippen molar-refractivity contribution in [1.82, 2.24) is 14.3 Å². The van der Waals surface area contributed by atoms with E-state index in [1.54, 1.807) is 19.0 Å². The smallest absolute Gasteiger partial charge is 0.228 e. The second-order valence-electron chi connectivity index (χ2n) is 6.30. The Kier molecular flexibility index (Phi) is 4.45. The summed E-state index contributed by atoms with van der Waals surface area (Å²) in [6, 6.07) is 10.3. The third-order valence-corrected chi connectivity index (χ3v) is 4.64. The van der Waals surface area contributed by atoms with Gasteiger partial charge in [-0.1, -0.05) is 29.8 Å². The average Bonchev–Trinajstić information content (AvgIpc) is 2.87. The molecule has 0 fully saturated rings. The molecule has 0 saturated carbocycles. The Morgan fingerprint density at radius 2 is 1.83 bits per heavy atom. The number of aromatic nitrogens is 2. The number of halogens is 1. The van der Waals surface area contributed by atoms with Crippen molar-refractivity contribution in [2.24, 2.45) is 0 Å². The maximum absolute atomic E-state index is 12.3. The molecule has 3 rings (SSSR count). The molecule has 24 heavy (non-hydrogen) atoms. The molecule has 0 radical (unpaired) electrons. The van der Waals surface area contributed by atoms with E-state index in [2.05, 4.69) is 47.1 Å². The molecule has 2 aromatic heterocycles. The lowest BCUT2D eigenvalue weighted by molar-refractivity contribution is -0.128. The van der Waals surface area contributed by atoms with E-state index in [4.69, 9.17) is 4.98 Å². The van der Waals surface area contributed by atoms with Gasteiger partial charge in [-0.3, -0.25) is 4.79 Å². The molecule has 0 atom stereocenters. The SMILES string of the molecule is Cc1ccc(-c2nc3c(Br)cc(C)cn3c2CC(=O)N(C)C)cc1. The van der Waals surface area contributed by atoms with Gasteiger partial charge in [0.25, 0.3) is 0 Å². The highest BCUT2D eigenvalue weighted by Crippen LogP contribution is 2.29. The molecule has 0 aliphatic heterocycles. The van der Waals surface area contributed by atoms with Crippen molar-refractivity contribution in [3.8, 4) is 11.3 Å². The van der Waals surface area contributed by atoms with Crippen LogP contribution < -0.4 is 0 Å². The van der Waals surface area contributed by atoms with Crippen LogP contribution in [0.5, 0.6) is 0 Å². The fourth-order valence-corrected chi connectivity index (χ4v) is 3.33. The first-order valence-corrected chi connectivity index (χ1v) is 8.60. The van der Waals surface area contributed by atoms with Gasteiger partial charge in [0, 0.05) is 25.9 Å². The predicted octanol–water partition coefficient (Wildman–Crippen LogP) is 4.01. The van der Waals surface area contributed by atoms with E-state index < -0.39 is 0 Å². The Morgan fingerprint density at radius 3 is 2.46 bits per heavy atom. The molecule has 2 heterocycles. The molecule has 0 saturated heterocycles. The largest absolute Gasteiger partial charge is 0.348 e. The molecule has 0 spiro atoms. The lowest BCUT2D eigenvalue weighted by atomic mass is 10.1. The lowest BCUT2D eigenvalue weighted by Crippen LogP contribution is -2.24. The Balaban J connectivity index is 2.25. The fourth-order valence-electron chi connectivity index (χ4n) is 2.69. The van der Waals surface area contributed by atoms with Gasteiger partial charge < -0.3 is 9.30 Å². The monoisotopic (exact) mass is 385 g/mol. The third kappa shape index (κ3) is 3.08. The number of amides is 1. The number of imidazole rings is 1. The second-order valence-corrected chi connectivity index (χ2v) is 7.15. The number of hydrogen-bond acceptors (Lipinski definition) is 2. The van der Waals surface area contributed by atoms with E-state index in [9.17, 15) is 4.79 Å². The Hall–Kier alpha value is -2.14. The van der Waals surface area contributed by atoms with Crippen molar-refractivity contribution < 1.29 is 4.79 Å². The first-order valence-electron chi connectivity index (χ1n) is 7.81. The minimum Gasteiger partial charge on any atom is -0.348 e. The van der Waals surface area contributed by atoms with Crippen LogP contribution in [0.4, 0.5) is 0 Å². The molecular weight excluding hydrogens is 366 g/mol. The molecule has 0 unspecified atom stereocenters. The molecular formula is C19H20BrN3O. The minimum atomic E-state index is 0.0581. The van der Waals surface area contributed by atoms with Crippen molar-refractivity contribution >= 4 is 27.5 Å². The first-order chi connectivity index (χ1) is 11.4. The third-order valence-electron chi connectivity index (χ3n) is 4.05. The van der Waals surface area contributed by atoms with Crippen LogP contribution in [0.2, 0.25) is 0 Å². The second kappa shape index (κ2) is 6.40. The van der Waals surface area contributed by atoms with E-state index in [1.807, 2.05) is 23.6 Å². The van der Waals surface area contributed by atoms with Crippen LogP contribution in [0.25, 0.3) is 16.9 Å². The molecule has 1 amide bonds. The van der Waals surface area contributed by atoms with E-state index in [0.717, 1.165) is 32.6 Å². The zero-order chi connectivity index (χ0) is 17.4. The van der Waals surface area contributed by atoms with Gasteiger partial charge in [0.2, 0.25) is 5.91 Å². The fraction of sp³-hybridized carbons (Fsp3) is 0.263.